The molecule has 6 aliphatic rings. The minimum absolute atomic E-state index is 0.0377. The summed E-state index contributed by atoms with van der Waals surface area (Å²) in [6.07, 6.45) is 7.10. The smallest absolute Gasteiger partial charge is 0.403 e. The molecule has 0 aliphatic carbocycles. The number of nitrogens with two attached hydrogens (primary N) is 8. The first-order valence-corrected chi connectivity index (χ1v) is 46.2. The molecule has 752 valence electrons. The second-order valence-electron chi connectivity index (χ2n) is 34.2. The van der Waals surface area contributed by atoms with E-state index >= 15 is 0 Å². The predicted octanol–water partition coefficient (Wildman–Crippen LogP) is 10.0. The SMILES string of the molecule is CC1(N)CCN(c2cccnc2NC(=O)c2nc(-c3ncccc3C(F)(F)F)cnc2N)CC1.CCC1(N)CCN(c2cccnc2NC(=O)c2nc(-c3ncccc3OC(F)(F)F)cnc2N)CC1.Nc1ncc(-c2csc(N3CCOCC3)n2)nc1C(=O)Nc1ncccc1N1CCC(N)CC1.Nc1ncc(-c2nc(N3CCOCC3)ncc2C(F)(F)F)nc1C(=O)Nc1ncccc1N1CCC(N)CC1. The van der Waals surface area contributed by atoms with Gasteiger partial charge in [0.1, 0.15) is 51.1 Å². The number of thiazole rings is 1. The van der Waals surface area contributed by atoms with Crippen molar-refractivity contribution in [2.75, 3.05) is 179 Å². The van der Waals surface area contributed by atoms with Gasteiger partial charge in [-0.15, -0.1) is 24.5 Å². The number of pyridine rings is 6. The van der Waals surface area contributed by atoms with Crippen LogP contribution < -0.4 is 101 Å². The number of carbonyl (C=O) groups is 4. The van der Waals surface area contributed by atoms with E-state index in [4.69, 9.17) is 55.3 Å². The van der Waals surface area contributed by atoms with Gasteiger partial charge in [-0.25, -0.2) is 74.8 Å². The van der Waals surface area contributed by atoms with E-state index in [2.05, 4.69) is 142 Å². The van der Waals surface area contributed by atoms with E-state index in [0.29, 0.717) is 119 Å². The predicted molar refractivity (Wildman–Crippen MR) is 517 cm³/mol. The molecule has 0 radical (unpaired) electrons. The third kappa shape index (κ3) is 25.8. The highest BCUT2D eigenvalue weighted by atomic mass is 32.1. The van der Waals surface area contributed by atoms with Gasteiger partial charge in [-0.2, -0.15) is 26.3 Å². The summed E-state index contributed by atoms with van der Waals surface area (Å²) in [7, 11) is 0. The minimum Gasteiger partial charge on any atom is -0.403 e. The van der Waals surface area contributed by atoms with Crippen molar-refractivity contribution in [3.8, 4) is 51.3 Å². The van der Waals surface area contributed by atoms with Crippen molar-refractivity contribution < 1.29 is 72.9 Å². The zero-order chi connectivity index (χ0) is 101. The maximum absolute atomic E-state index is 13.9. The first-order valence-electron chi connectivity index (χ1n) is 45.4. The highest BCUT2D eigenvalue weighted by molar-refractivity contribution is 7.14. The standard InChI is InChI=1S/C24H27F3N10O2.C23H25F3N8O2.C22H23F3N8O.C22H27N9O2S/c25-24(26,27)15-12-32-23(37-8-10-39-11-9-37)34-18(15)16-13-31-20(29)19(33-16)22(38)35-21-17(2-1-5-30-21)36-6-3-14(28)4-7-36;1-2-22(28)7-11-34(12-8-22)15-5-3-10-30-20(15)33-21(35)18-19(27)31-13-14(32-18)17-16(6-4-9-29-17)36-23(24,25)26;1-21(27)6-10-33(11-7-21)15-5-3-9-29-19(15)32-20(34)17-18(26)30-12-14(31-17)16-13(22(23,24)25)4-2-8-28-16;23-14-3-6-30(7-4-14)17-2-1-5-25-20(17)29-21(32)18-19(24)26-12-15(27-18)16-13-34-22(28-16)31-8-10-33-11-9-31/h1-2,5,12-14H,3-4,6-11,28H2,(H2,29,31)(H,30,35,38);3-6,9-10,13H,2,7-8,11-12,28H2,1H3,(H2,27,31)(H,30,33,35);2-5,8-9,12H,6-7,10-11,27H2,1H3,(H2,26,30)(H,29,32,34);1-2,5,12-14H,3-4,6-11,23H2,(H2,24,26)(H,25,29,32). The highest BCUT2D eigenvalue weighted by Gasteiger charge is 2.41. The summed E-state index contributed by atoms with van der Waals surface area (Å²) in [5.74, 6) is -2.60. The number of carbonyl (C=O) groups excluding carboxylic acids is 4. The van der Waals surface area contributed by atoms with Crippen molar-refractivity contribution in [1.82, 2.24) is 84.7 Å². The van der Waals surface area contributed by atoms with Crippen LogP contribution in [0.2, 0.25) is 0 Å². The van der Waals surface area contributed by atoms with Gasteiger partial charge in [0.2, 0.25) is 5.95 Å². The lowest BCUT2D eigenvalue weighted by molar-refractivity contribution is -0.274. The van der Waals surface area contributed by atoms with Crippen molar-refractivity contribution >= 4 is 115 Å². The van der Waals surface area contributed by atoms with Gasteiger partial charge < -0.3 is 111 Å². The molecule has 18 rings (SSSR count). The van der Waals surface area contributed by atoms with Gasteiger partial charge in [0, 0.05) is 150 Å². The molecule has 42 nitrogen and oxygen atoms in total. The van der Waals surface area contributed by atoms with Crippen LogP contribution in [0.25, 0.3) is 45.6 Å². The number of nitrogen functional groups attached to an aromatic ring is 4. The molecule has 12 aromatic rings. The number of alkyl halides is 9. The maximum Gasteiger partial charge on any atom is 0.573 e. The normalized spacial score (nSPS) is 16.3. The fourth-order valence-corrected chi connectivity index (χ4v) is 16.9. The summed E-state index contributed by atoms with van der Waals surface area (Å²) < 4.78 is 135. The molecule has 6 saturated heterocycles. The van der Waals surface area contributed by atoms with Crippen molar-refractivity contribution in [3.05, 3.63) is 180 Å². The number of ether oxygens (including phenoxy) is 3. The van der Waals surface area contributed by atoms with Gasteiger partial charge in [-0.3, -0.25) is 29.1 Å². The number of hydrogen-bond acceptors (Lipinski definition) is 39. The summed E-state index contributed by atoms with van der Waals surface area (Å²) >= 11 is 1.53. The Hall–Kier alpha value is -15.3. The van der Waals surface area contributed by atoms with Gasteiger partial charge in [-0.05, 0) is 138 Å². The summed E-state index contributed by atoms with van der Waals surface area (Å²) in [5, 5.41) is 13.7. The summed E-state index contributed by atoms with van der Waals surface area (Å²) in [5.41, 5.74) is 47.0. The second kappa shape index (κ2) is 44.7. The Morgan fingerprint density at radius 2 is 0.762 bits per heavy atom. The quantitative estimate of drug-likeness (QED) is 0.0316. The van der Waals surface area contributed by atoms with E-state index in [1.807, 2.05) is 42.6 Å². The molecule has 0 unspecified atom stereocenters. The molecule has 0 saturated carbocycles. The molecule has 20 N–H and O–H groups in total. The number of morpholine rings is 2. The third-order valence-corrected chi connectivity index (χ3v) is 25.1. The Morgan fingerprint density at radius 3 is 1.17 bits per heavy atom. The van der Waals surface area contributed by atoms with E-state index in [1.54, 1.807) is 29.3 Å². The van der Waals surface area contributed by atoms with Crippen molar-refractivity contribution in [2.24, 2.45) is 22.9 Å². The first-order chi connectivity index (χ1) is 68.4. The number of piperidine rings is 4. The van der Waals surface area contributed by atoms with Crippen LogP contribution in [0.5, 0.6) is 5.75 Å². The molecule has 0 atom stereocenters. The van der Waals surface area contributed by atoms with Crippen LogP contribution in [0.3, 0.4) is 0 Å². The van der Waals surface area contributed by atoms with Crippen LogP contribution >= 0.6 is 11.3 Å². The van der Waals surface area contributed by atoms with Gasteiger partial charge in [0.25, 0.3) is 23.6 Å². The second-order valence-corrected chi connectivity index (χ2v) is 35.0. The monoisotopic (exact) mass is 2000 g/mol. The lowest BCUT2D eigenvalue weighted by atomic mass is 9.86. The molecule has 0 aromatic carbocycles. The van der Waals surface area contributed by atoms with Gasteiger partial charge in [0.15, 0.2) is 80.2 Å². The molecule has 4 amide bonds. The zero-order valence-corrected chi connectivity index (χ0v) is 78.1. The molecule has 6 aliphatic heterocycles. The Morgan fingerprint density at radius 1 is 0.406 bits per heavy atom. The van der Waals surface area contributed by atoms with Crippen LogP contribution in [0, 0.1) is 0 Å². The number of anilines is 14. The fraction of sp³-hybridized carbons (Fsp3) is 0.374. The molecule has 6 fully saturated rings. The molecule has 143 heavy (non-hydrogen) atoms. The number of amides is 4. The minimum atomic E-state index is -4.94. The van der Waals surface area contributed by atoms with Crippen LogP contribution in [-0.2, 0) is 21.8 Å². The van der Waals surface area contributed by atoms with E-state index in [-0.39, 0.29) is 115 Å². The van der Waals surface area contributed by atoms with E-state index < -0.39 is 70.6 Å². The molecule has 52 heteroatoms. The zero-order valence-electron chi connectivity index (χ0n) is 77.3. The third-order valence-electron chi connectivity index (χ3n) is 24.2. The molecule has 0 spiro atoms. The molecular formula is C91H102F9N35O7S. The number of nitrogens with one attached hydrogen (secondary N) is 4. The average molecular weight is 2000 g/mol. The number of rotatable bonds is 20. The van der Waals surface area contributed by atoms with Gasteiger partial charge >= 0.3 is 18.7 Å². The molecule has 18 heterocycles. The van der Waals surface area contributed by atoms with Gasteiger partial charge in [0.05, 0.1) is 79.5 Å². The first kappa shape index (κ1) is 102. The number of aromatic nitrogens is 17. The van der Waals surface area contributed by atoms with Gasteiger partial charge in [-0.1, -0.05) is 6.92 Å². The summed E-state index contributed by atoms with van der Waals surface area (Å²) in [4.78, 5) is 135. The van der Waals surface area contributed by atoms with Crippen molar-refractivity contribution in [1.29, 1.82) is 0 Å². The lowest BCUT2D eigenvalue weighted by Gasteiger charge is -2.40. The van der Waals surface area contributed by atoms with E-state index in [0.717, 1.165) is 126 Å². The largest absolute Gasteiger partial charge is 0.573 e. The van der Waals surface area contributed by atoms with Crippen LogP contribution in [0.1, 0.15) is 125 Å². The summed E-state index contributed by atoms with van der Waals surface area (Å²) in [6, 6.07) is 19.2. The Bertz CT molecular complexity index is 6490. The topological polar surface area (TPSA) is 591 Å². The van der Waals surface area contributed by atoms with E-state index in [1.165, 1.54) is 60.7 Å². The lowest BCUT2D eigenvalue weighted by Crippen LogP contribution is -2.50. The average Bonchev–Trinajstić information content (AvgIpc) is 1.23. The molecule has 0 bridgehead atoms. The number of hydrogen-bond donors (Lipinski definition) is 12. The Kier molecular flexibility index (Phi) is 31.9. The van der Waals surface area contributed by atoms with Crippen LogP contribution in [0.4, 0.5) is 120 Å². The van der Waals surface area contributed by atoms with E-state index in [9.17, 15) is 58.7 Å². The molecular weight excluding hydrogens is 1900 g/mol. The van der Waals surface area contributed by atoms with Crippen LogP contribution in [-0.4, -0.2) is 243 Å². The summed E-state index contributed by atoms with van der Waals surface area (Å²) in [6.45, 7) is 14.4. The maximum atomic E-state index is 13.9. The Balaban J connectivity index is 0.000000144. The van der Waals surface area contributed by atoms with Crippen LogP contribution in [0.15, 0.2) is 146 Å². The fourth-order valence-electron chi connectivity index (χ4n) is 16.1. The Labute approximate surface area is 815 Å². The number of halogens is 9. The molecule has 12 aromatic heterocycles. The number of nitrogens with zero attached hydrogens (tertiary/aromatic N) is 23. The highest BCUT2D eigenvalue weighted by Crippen LogP contribution is 2.42. The van der Waals surface area contributed by atoms with Crippen molar-refractivity contribution in [2.45, 2.75) is 114 Å². The van der Waals surface area contributed by atoms with Crippen molar-refractivity contribution in [3.63, 3.8) is 0 Å².